The molecular formula is C16H28N2OS. The molecule has 0 fully saturated rings. The Balaban J connectivity index is 2.33. The van der Waals surface area contributed by atoms with Crippen molar-refractivity contribution in [1.29, 1.82) is 0 Å². The van der Waals surface area contributed by atoms with Crippen LogP contribution in [0, 0.1) is 5.41 Å². The number of carbonyl (C=O) groups excluding carboxylic acids is 1. The molecule has 0 atom stereocenters. The average Bonchev–Trinajstić information content (AvgIpc) is 2.72. The summed E-state index contributed by atoms with van der Waals surface area (Å²) < 4.78 is 0. The van der Waals surface area contributed by atoms with E-state index < -0.39 is 0 Å². The summed E-state index contributed by atoms with van der Waals surface area (Å²) >= 11 is 1.67. The fourth-order valence-electron chi connectivity index (χ4n) is 1.79. The van der Waals surface area contributed by atoms with Crippen molar-refractivity contribution in [3.8, 4) is 0 Å². The Bertz CT molecular complexity index is 438. The van der Waals surface area contributed by atoms with Crippen LogP contribution in [0.1, 0.15) is 71.5 Å². The number of rotatable bonds is 5. The molecule has 1 aromatic rings. The standard InChI is InChI=1S/C16H28N2OS/c1-15(2,3)9-7-8-13(19)17-10-12-11-20-14(18-12)16(4,5)6/h11H,7-10H2,1-6H3,(H,17,19). The van der Waals surface area contributed by atoms with E-state index in [9.17, 15) is 4.79 Å². The minimum atomic E-state index is 0.0830. The molecule has 1 heterocycles. The number of hydrogen-bond acceptors (Lipinski definition) is 3. The molecule has 0 bridgehead atoms. The molecule has 0 unspecified atom stereocenters. The Hall–Kier alpha value is -0.900. The van der Waals surface area contributed by atoms with Crippen LogP contribution in [0.15, 0.2) is 5.38 Å². The summed E-state index contributed by atoms with van der Waals surface area (Å²) in [5, 5.41) is 6.11. The number of amides is 1. The lowest BCUT2D eigenvalue weighted by Gasteiger charge is -2.17. The molecule has 1 aromatic heterocycles. The molecule has 1 N–H and O–H groups in total. The predicted molar refractivity (Wildman–Crippen MR) is 86.0 cm³/mol. The van der Waals surface area contributed by atoms with Gasteiger partial charge >= 0.3 is 0 Å². The van der Waals surface area contributed by atoms with Gasteiger partial charge in [0, 0.05) is 17.2 Å². The quantitative estimate of drug-likeness (QED) is 0.881. The zero-order valence-corrected chi connectivity index (χ0v) is 14.5. The molecule has 0 saturated heterocycles. The molecule has 0 aliphatic carbocycles. The SMILES string of the molecule is CC(C)(C)CCCC(=O)NCc1csc(C(C)(C)C)n1. The van der Waals surface area contributed by atoms with Gasteiger partial charge in [-0.2, -0.15) is 0 Å². The monoisotopic (exact) mass is 296 g/mol. The van der Waals surface area contributed by atoms with E-state index in [2.05, 4.69) is 51.8 Å². The molecule has 0 spiro atoms. The molecule has 4 heteroatoms. The van der Waals surface area contributed by atoms with Crippen LogP contribution < -0.4 is 5.32 Å². The number of carbonyl (C=O) groups is 1. The van der Waals surface area contributed by atoms with E-state index in [0.717, 1.165) is 23.5 Å². The highest BCUT2D eigenvalue weighted by Gasteiger charge is 2.18. The first-order valence-corrected chi connectivity index (χ1v) is 8.17. The largest absolute Gasteiger partial charge is 0.350 e. The summed E-state index contributed by atoms with van der Waals surface area (Å²) in [4.78, 5) is 16.3. The first-order chi connectivity index (χ1) is 9.08. The molecule has 1 amide bonds. The molecule has 0 aromatic carbocycles. The molecule has 0 aliphatic heterocycles. The van der Waals surface area contributed by atoms with Crippen molar-refractivity contribution in [2.24, 2.45) is 5.41 Å². The number of hydrogen-bond donors (Lipinski definition) is 1. The Kier molecular flexibility index (Phi) is 5.75. The van der Waals surface area contributed by atoms with Gasteiger partial charge in [0.15, 0.2) is 0 Å². The summed E-state index contributed by atoms with van der Waals surface area (Å²) in [6, 6.07) is 0. The number of nitrogens with zero attached hydrogens (tertiary/aromatic N) is 1. The van der Waals surface area contributed by atoms with Gasteiger partial charge in [0.2, 0.25) is 5.91 Å². The van der Waals surface area contributed by atoms with E-state index in [-0.39, 0.29) is 11.3 Å². The summed E-state index contributed by atoms with van der Waals surface area (Å²) in [6.45, 7) is 13.6. The summed E-state index contributed by atoms with van der Waals surface area (Å²) in [5.74, 6) is 0.125. The predicted octanol–water partition coefficient (Wildman–Crippen LogP) is 4.27. The Morgan fingerprint density at radius 1 is 1.25 bits per heavy atom. The number of thiazole rings is 1. The van der Waals surface area contributed by atoms with E-state index in [0.29, 0.717) is 18.4 Å². The third-order valence-corrected chi connectivity index (χ3v) is 4.31. The van der Waals surface area contributed by atoms with Crippen LogP contribution in [0.25, 0.3) is 0 Å². The van der Waals surface area contributed by atoms with E-state index in [1.165, 1.54) is 0 Å². The van der Waals surface area contributed by atoms with Crippen molar-refractivity contribution in [3.63, 3.8) is 0 Å². The third-order valence-electron chi connectivity index (χ3n) is 2.99. The zero-order valence-electron chi connectivity index (χ0n) is 13.7. The molecule has 3 nitrogen and oxygen atoms in total. The minimum Gasteiger partial charge on any atom is -0.350 e. The summed E-state index contributed by atoms with van der Waals surface area (Å²) in [7, 11) is 0. The fraction of sp³-hybridized carbons (Fsp3) is 0.750. The van der Waals surface area contributed by atoms with Gasteiger partial charge in [0.05, 0.1) is 17.2 Å². The minimum absolute atomic E-state index is 0.0830. The first-order valence-electron chi connectivity index (χ1n) is 7.29. The van der Waals surface area contributed by atoms with Crippen LogP contribution >= 0.6 is 11.3 Å². The maximum Gasteiger partial charge on any atom is 0.220 e. The van der Waals surface area contributed by atoms with Crippen molar-refractivity contribution in [2.45, 2.75) is 72.8 Å². The van der Waals surface area contributed by atoms with Gasteiger partial charge in [-0.1, -0.05) is 41.5 Å². The van der Waals surface area contributed by atoms with Crippen LogP contribution in [-0.4, -0.2) is 10.9 Å². The first kappa shape index (κ1) is 17.2. The second-order valence-corrected chi connectivity index (χ2v) is 8.44. The molecule has 114 valence electrons. The second-order valence-electron chi connectivity index (χ2n) is 7.58. The topological polar surface area (TPSA) is 42.0 Å². The second kappa shape index (κ2) is 6.70. The van der Waals surface area contributed by atoms with Crippen molar-refractivity contribution in [1.82, 2.24) is 10.3 Å². The fourth-order valence-corrected chi connectivity index (χ4v) is 2.70. The smallest absolute Gasteiger partial charge is 0.220 e. The van der Waals surface area contributed by atoms with Crippen molar-refractivity contribution in [3.05, 3.63) is 16.1 Å². The van der Waals surface area contributed by atoms with Crippen LogP contribution in [0.4, 0.5) is 0 Å². The van der Waals surface area contributed by atoms with E-state index in [1.54, 1.807) is 11.3 Å². The van der Waals surface area contributed by atoms with E-state index in [1.807, 2.05) is 5.38 Å². The van der Waals surface area contributed by atoms with Crippen LogP contribution in [0.2, 0.25) is 0 Å². The lowest BCUT2D eigenvalue weighted by molar-refractivity contribution is -0.121. The van der Waals surface area contributed by atoms with Gasteiger partial charge in [-0.3, -0.25) is 4.79 Å². The molecule has 0 saturated carbocycles. The number of nitrogens with one attached hydrogen (secondary N) is 1. The summed E-state index contributed by atoms with van der Waals surface area (Å²) in [6.07, 6.45) is 2.62. The van der Waals surface area contributed by atoms with Crippen LogP contribution in [0.3, 0.4) is 0 Å². The van der Waals surface area contributed by atoms with Gasteiger partial charge < -0.3 is 5.32 Å². The van der Waals surface area contributed by atoms with Gasteiger partial charge in [-0.15, -0.1) is 11.3 Å². The summed E-state index contributed by atoms with van der Waals surface area (Å²) in [5.41, 5.74) is 1.35. The Morgan fingerprint density at radius 2 is 1.90 bits per heavy atom. The van der Waals surface area contributed by atoms with E-state index >= 15 is 0 Å². The van der Waals surface area contributed by atoms with Gasteiger partial charge in [0.1, 0.15) is 0 Å². The van der Waals surface area contributed by atoms with Crippen molar-refractivity contribution in [2.75, 3.05) is 0 Å². The molecular weight excluding hydrogens is 268 g/mol. The van der Waals surface area contributed by atoms with Gasteiger partial charge in [0.25, 0.3) is 0 Å². The molecule has 1 rings (SSSR count). The Labute approximate surface area is 127 Å². The van der Waals surface area contributed by atoms with Crippen LogP contribution in [0.5, 0.6) is 0 Å². The lowest BCUT2D eigenvalue weighted by Crippen LogP contribution is -2.23. The maximum atomic E-state index is 11.8. The molecule has 0 radical (unpaired) electrons. The number of aromatic nitrogens is 1. The Morgan fingerprint density at radius 3 is 2.40 bits per heavy atom. The highest BCUT2D eigenvalue weighted by molar-refractivity contribution is 7.09. The normalized spacial score (nSPS) is 12.5. The lowest BCUT2D eigenvalue weighted by atomic mass is 9.90. The highest BCUT2D eigenvalue weighted by atomic mass is 32.1. The van der Waals surface area contributed by atoms with Crippen molar-refractivity contribution < 1.29 is 4.79 Å². The van der Waals surface area contributed by atoms with E-state index in [4.69, 9.17) is 0 Å². The molecule has 20 heavy (non-hydrogen) atoms. The van der Waals surface area contributed by atoms with Crippen molar-refractivity contribution >= 4 is 17.2 Å². The zero-order chi connectivity index (χ0) is 15.4. The third kappa shape index (κ3) is 6.51. The van der Waals surface area contributed by atoms with Gasteiger partial charge in [-0.25, -0.2) is 4.98 Å². The molecule has 0 aliphatic rings. The van der Waals surface area contributed by atoms with Gasteiger partial charge in [-0.05, 0) is 18.3 Å². The van der Waals surface area contributed by atoms with Crippen LogP contribution in [-0.2, 0) is 16.8 Å². The highest BCUT2D eigenvalue weighted by Crippen LogP contribution is 2.25. The maximum absolute atomic E-state index is 11.8. The average molecular weight is 296 g/mol.